The van der Waals surface area contributed by atoms with E-state index in [1.807, 2.05) is 23.1 Å². The molecule has 0 bridgehead atoms. The number of piperidine rings is 1. The highest BCUT2D eigenvalue weighted by Gasteiger charge is 2.39. The van der Waals surface area contributed by atoms with Crippen LogP contribution in [-0.2, 0) is 4.79 Å². The van der Waals surface area contributed by atoms with Gasteiger partial charge in [-0.3, -0.25) is 4.79 Å². The molecule has 1 atom stereocenters. The summed E-state index contributed by atoms with van der Waals surface area (Å²) in [4.78, 5) is 14.4. The van der Waals surface area contributed by atoms with E-state index in [9.17, 15) is 4.79 Å². The highest BCUT2D eigenvalue weighted by molar-refractivity contribution is 5.85. The first kappa shape index (κ1) is 17.9. The molecule has 6 heteroatoms. The van der Waals surface area contributed by atoms with Gasteiger partial charge in [0.1, 0.15) is 11.5 Å². The fourth-order valence-corrected chi connectivity index (χ4v) is 3.49. The summed E-state index contributed by atoms with van der Waals surface area (Å²) in [6.45, 7) is 3.91. The fourth-order valence-electron chi connectivity index (χ4n) is 3.49. The molecule has 5 nitrogen and oxygen atoms in total. The number of hydrogen-bond acceptors (Lipinski definition) is 4. The minimum Gasteiger partial charge on any atom is -0.497 e. The molecule has 0 aliphatic carbocycles. The zero-order valence-electron chi connectivity index (χ0n) is 13.5. The second-order valence-corrected chi connectivity index (χ2v) is 6.31. The third-order valence-corrected chi connectivity index (χ3v) is 4.75. The molecular formula is C17H25ClN2O3. The Morgan fingerprint density at radius 2 is 2.17 bits per heavy atom. The highest BCUT2D eigenvalue weighted by atomic mass is 35.5. The number of hydrogen-bond donors (Lipinski definition) is 1. The number of carbonyl (C=O) groups is 1. The van der Waals surface area contributed by atoms with Crippen LogP contribution in [0.5, 0.6) is 11.5 Å². The smallest absolute Gasteiger partial charge is 0.260 e. The van der Waals surface area contributed by atoms with Crippen molar-refractivity contribution in [2.75, 3.05) is 39.9 Å². The van der Waals surface area contributed by atoms with Crippen LogP contribution in [0.1, 0.15) is 19.3 Å². The maximum Gasteiger partial charge on any atom is 0.260 e. The minimum atomic E-state index is 0. The largest absolute Gasteiger partial charge is 0.497 e. The van der Waals surface area contributed by atoms with Crippen LogP contribution in [-0.4, -0.2) is 50.7 Å². The zero-order chi connectivity index (χ0) is 15.4. The predicted octanol–water partition coefficient (Wildman–Crippen LogP) is 2.10. The maximum absolute atomic E-state index is 12.4. The number of likely N-dealkylation sites (tertiary alicyclic amines) is 1. The van der Waals surface area contributed by atoms with Crippen LogP contribution in [0.25, 0.3) is 0 Å². The van der Waals surface area contributed by atoms with E-state index in [1.54, 1.807) is 13.2 Å². The Morgan fingerprint density at radius 1 is 1.35 bits per heavy atom. The van der Waals surface area contributed by atoms with Crippen molar-refractivity contribution in [1.82, 2.24) is 10.2 Å². The van der Waals surface area contributed by atoms with Crippen LogP contribution >= 0.6 is 12.4 Å². The summed E-state index contributed by atoms with van der Waals surface area (Å²) in [6.07, 6.45) is 3.49. The summed E-state index contributed by atoms with van der Waals surface area (Å²) in [6, 6.07) is 7.36. The summed E-state index contributed by atoms with van der Waals surface area (Å²) in [7, 11) is 1.62. The number of carbonyl (C=O) groups excluding carboxylic acids is 1. The van der Waals surface area contributed by atoms with Gasteiger partial charge in [-0.15, -0.1) is 12.4 Å². The van der Waals surface area contributed by atoms with Gasteiger partial charge >= 0.3 is 0 Å². The molecule has 1 unspecified atom stereocenters. The number of amides is 1. The Hall–Kier alpha value is -1.46. The Kier molecular flexibility index (Phi) is 6.13. The molecule has 2 aliphatic heterocycles. The minimum absolute atomic E-state index is 0. The topological polar surface area (TPSA) is 50.8 Å². The van der Waals surface area contributed by atoms with Crippen LogP contribution in [0.3, 0.4) is 0 Å². The number of methoxy groups -OCH3 is 1. The zero-order valence-corrected chi connectivity index (χ0v) is 14.4. The quantitative estimate of drug-likeness (QED) is 0.912. The Morgan fingerprint density at radius 3 is 2.91 bits per heavy atom. The van der Waals surface area contributed by atoms with Gasteiger partial charge in [0.15, 0.2) is 6.61 Å². The molecule has 2 heterocycles. The molecule has 3 rings (SSSR count). The SMILES string of the molecule is COc1cccc(OCC(=O)N2CCCC3(CCNC3)C2)c1.Cl. The van der Waals surface area contributed by atoms with Crippen LogP contribution in [0.4, 0.5) is 0 Å². The molecular weight excluding hydrogens is 316 g/mol. The van der Waals surface area contributed by atoms with Crippen molar-refractivity contribution in [2.24, 2.45) is 5.41 Å². The van der Waals surface area contributed by atoms with Crippen LogP contribution in [0.2, 0.25) is 0 Å². The van der Waals surface area contributed by atoms with Gasteiger partial charge in [-0.25, -0.2) is 0 Å². The van der Waals surface area contributed by atoms with Crippen LogP contribution in [0, 0.1) is 5.41 Å². The Labute approximate surface area is 143 Å². The molecule has 2 aliphatic rings. The molecule has 1 spiro atoms. The van der Waals surface area contributed by atoms with Crippen LogP contribution < -0.4 is 14.8 Å². The molecule has 2 saturated heterocycles. The van der Waals surface area contributed by atoms with Crippen LogP contribution in [0.15, 0.2) is 24.3 Å². The average Bonchev–Trinajstić information content (AvgIpc) is 3.00. The van der Waals surface area contributed by atoms with Gasteiger partial charge in [0.2, 0.25) is 0 Å². The predicted molar refractivity (Wildman–Crippen MR) is 91.5 cm³/mol. The van der Waals surface area contributed by atoms with E-state index >= 15 is 0 Å². The van der Waals surface area contributed by atoms with Gasteiger partial charge in [-0.1, -0.05) is 6.07 Å². The first-order valence-corrected chi connectivity index (χ1v) is 7.96. The molecule has 23 heavy (non-hydrogen) atoms. The van der Waals surface area contributed by atoms with Crippen molar-refractivity contribution < 1.29 is 14.3 Å². The van der Waals surface area contributed by atoms with E-state index in [0.29, 0.717) is 11.2 Å². The van der Waals surface area contributed by atoms with Gasteiger partial charge < -0.3 is 19.7 Å². The molecule has 0 aromatic heterocycles. The summed E-state index contributed by atoms with van der Waals surface area (Å²) in [5.74, 6) is 1.48. The standard InChI is InChI=1S/C17H24N2O3.ClH/c1-21-14-4-2-5-15(10-14)22-11-16(20)19-9-3-6-17(13-19)7-8-18-12-17;/h2,4-5,10,18H,3,6-9,11-13H2,1H3;1H. The van der Waals surface area contributed by atoms with Crippen molar-refractivity contribution in [3.05, 3.63) is 24.3 Å². The van der Waals surface area contributed by atoms with E-state index in [4.69, 9.17) is 9.47 Å². The second-order valence-electron chi connectivity index (χ2n) is 6.31. The molecule has 1 aromatic carbocycles. The van der Waals surface area contributed by atoms with Gasteiger partial charge in [-0.2, -0.15) is 0 Å². The second kappa shape index (κ2) is 7.88. The summed E-state index contributed by atoms with van der Waals surface area (Å²) in [5.41, 5.74) is 0.296. The molecule has 1 N–H and O–H groups in total. The monoisotopic (exact) mass is 340 g/mol. The lowest BCUT2D eigenvalue weighted by atomic mass is 9.79. The lowest BCUT2D eigenvalue weighted by molar-refractivity contribution is -0.136. The summed E-state index contributed by atoms with van der Waals surface area (Å²) >= 11 is 0. The molecule has 0 saturated carbocycles. The van der Waals surface area contributed by atoms with Gasteiger partial charge in [0.25, 0.3) is 5.91 Å². The number of nitrogens with zero attached hydrogens (tertiary/aromatic N) is 1. The van der Waals surface area contributed by atoms with Gasteiger partial charge in [0.05, 0.1) is 7.11 Å². The maximum atomic E-state index is 12.4. The summed E-state index contributed by atoms with van der Waals surface area (Å²) < 4.78 is 10.8. The normalized spacial score (nSPS) is 23.4. The molecule has 0 radical (unpaired) electrons. The molecule has 1 amide bonds. The number of benzene rings is 1. The van der Waals surface area contributed by atoms with Crippen molar-refractivity contribution in [1.29, 1.82) is 0 Å². The van der Waals surface area contributed by atoms with Crippen molar-refractivity contribution in [2.45, 2.75) is 19.3 Å². The average molecular weight is 341 g/mol. The fraction of sp³-hybridized carbons (Fsp3) is 0.588. The highest BCUT2D eigenvalue weighted by Crippen LogP contribution is 2.35. The third-order valence-electron chi connectivity index (χ3n) is 4.75. The molecule has 1 aromatic rings. The van der Waals surface area contributed by atoms with E-state index in [2.05, 4.69) is 5.32 Å². The summed E-state index contributed by atoms with van der Waals surface area (Å²) in [5, 5.41) is 3.43. The van der Waals surface area contributed by atoms with E-state index in [0.717, 1.165) is 38.3 Å². The number of ether oxygens (including phenoxy) is 2. The first-order chi connectivity index (χ1) is 10.7. The Balaban J connectivity index is 0.00000192. The van der Waals surface area contributed by atoms with E-state index in [-0.39, 0.29) is 24.9 Å². The first-order valence-electron chi connectivity index (χ1n) is 7.96. The number of nitrogens with one attached hydrogen (secondary N) is 1. The lowest BCUT2D eigenvalue weighted by Gasteiger charge is -2.40. The van der Waals surface area contributed by atoms with Gasteiger partial charge in [-0.05, 0) is 37.9 Å². The van der Waals surface area contributed by atoms with E-state index in [1.165, 1.54) is 12.8 Å². The van der Waals surface area contributed by atoms with Crippen molar-refractivity contribution in [3.63, 3.8) is 0 Å². The van der Waals surface area contributed by atoms with Crippen molar-refractivity contribution >= 4 is 18.3 Å². The van der Waals surface area contributed by atoms with E-state index < -0.39 is 0 Å². The lowest BCUT2D eigenvalue weighted by Crippen LogP contribution is -2.48. The number of rotatable bonds is 4. The third kappa shape index (κ3) is 4.30. The molecule has 2 fully saturated rings. The number of halogens is 1. The van der Waals surface area contributed by atoms with Crippen molar-refractivity contribution in [3.8, 4) is 11.5 Å². The molecule has 128 valence electrons. The van der Waals surface area contributed by atoms with Gasteiger partial charge in [0, 0.05) is 31.1 Å². The Bertz CT molecular complexity index is 532.